The highest BCUT2D eigenvalue weighted by Crippen LogP contribution is 2.30. The van der Waals surface area contributed by atoms with Gasteiger partial charge in [-0.1, -0.05) is 17.7 Å². The van der Waals surface area contributed by atoms with Gasteiger partial charge in [-0.05, 0) is 36.8 Å². The van der Waals surface area contributed by atoms with Gasteiger partial charge in [0.15, 0.2) is 0 Å². The zero-order chi connectivity index (χ0) is 13.1. The van der Waals surface area contributed by atoms with Gasteiger partial charge in [0, 0.05) is 24.2 Å². The summed E-state index contributed by atoms with van der Waals surface area (Å²) in [6.07, 6.45) is 6.18. The maximum atomic E-state index is 6.33. The van der Waals surface area contributed by atoms with E-state index < -0.39 is 0 Å². The quantitative estimate of drug-likeness (QED) is 0.933. The molecule has 0 radical (unpaired) electrons. The average molecular weight is 294 g/mol. The first-order valence-electron chi connectivity index (χ1n) is 6.47. The molecule has 3 nitrogen and oxygen atoms in total. The maximum absolute atomic E-state index is 6.33. The number of para-hydroxylation sites is 1. The number of hydrogen-bond donors (Lipinski definition) is 1. The summed E-state index contributed by atoms with van der Waals surface area (Å²) in [5.74, 6) is 2.44. The number of rotatable bonds is 3. The summed E-state index contributed by atoms with van der Waals surface area (Å²) < 4.78 is 1.82. The van der Waals surface area contributed by atoms with Crippen molar-refractivity contribution in [2.45, 2.75) is 18.9 Å². The van der Waals surface area contributed by atoms with Crippen LogP contribution in [0, 0.1) is 0 Å². The fourth-order valence-corrected chi connectivity index (χ4v) is 3.67. The van der Waals surface area contributed by atoms with Gasteiger partial charge in [0.2, 0.25) is 0 Å². The highest BCUT2D eigenvalue weighted by Gasteiger charge is 2.16. The molecule has 0 bridgehead atoms. The Labute approximate surface area is 122 Å². The third-order valence-electron chi connectivity index (χ3n) is 3.24. The molecule has 1 unspecified atom stereocenters. The summed E-state index contributed by atoms with van der Waals surface area (Å²) in [4.78, 5) is 0. The van der Waals surface area contributed by atoms with E-state index in [1.807, 2.05) is 40.8 Å². The minimum absolute atomic E-state index is 0.520. The molecular formula is C14H16ClN3S. The molecular weight excluding hydrogens is 278 g/mol. The van der Waals surface area contributed by atoms with Crippen molar-refractivity contribution in [2.75, 3.05) is 16.8 Å². The van der Waals surface area contributed by atoms with Crippen molar-refractivity contribution in [3.05, 3.63) is 41.7 Å². The van der Waals surface area contributed by atoms with Crippen LogP contribution in [0.5, 0.6) is 0 Å². The lowest BCUT2D eigenvalue weighted by molar-refractivity contribution is 0.684. The topological polar surface area (TPSA) is 29.9 Å². The van der Waals surface area contributed by atoms with Gasteiger partial charge < -0.3 is 5.32 Å². The lowest BCUT2D eigenvalue weighted by atomic mass is 10.1. The van der Waals surface area contributed by atoms with Crippen molar-refractivity contribution in [1.29, 1.82) is 0 Å². The Morgan fingerprint density at radius 2 is 2.32 bits per heavy atom. The first-order valence-corrected chi connectivity index (χ1v) is 8.00. The molecule has 1 aliphatic heterocycles. The van der Waals surface area contributed by atoms with E-state index >= 15 is 0 Å². The van der Waals surface area contributed by atoms with Gasteiger partial charge >= 0.3 is 0 Å². The molecule has 0 amide bonds. The van der Waals surface area contributed by atoms with E-state index in [4.69, 9.17) is 11.6 Å². The van der Waals surface area contributed by atoms with Gasteiger partial charge in [-0.25, -0.2) is 4.68 Å². The summed E-state index contributed by atoms with van der Waals surface area (Å²) in [5.41, 5.74) is 1.99. The molecule has 5 heteroatoms. The Morgan fingerprint density at radius 3 is 3.05 bits per heavy atom. The molecule has 0 spiro atoms. The molecule has 19 heavy (non-hydrogen) atoms. The number of hydrogen-bond acceptors (Lipinski definition) is 3. The first-order chi connectivity index (χ1) is 9.34. The average Bonchev–Trinajstić information content (AvgIpc) is 2.94. The Bertz CT molecular complexity index is 536. The summed E-state index contributed by atoms with van der Waals surface area (Å²) in [6, 6.07) is 8.38. The number of aromatic nitrogens is 2. The Hall–Kier alpha value is -1.13. The SMILES string of the molecule is Clc1cccc(NC2CCCSC2)c1-n1cccn1. The fourth-order valence-electron chi connectivity index (χ4n) is 2.34. The highest BCUT2D eigenvalue weighted by atomic mass is 35.5. The predicted molar refractivity (Wildman–Crippen MR) is 82.5 cm³/mol. The number of thioether (sulfide) groups is 1. The van der Waals surface area contributed by atoms with E-state index in [-0.39, 0.29) is 0 Å². The molecule has 1 atom stereocenters. The smallest absolute Gasteiger partial charge is 0.106 e. The van der Waals surface area contributed by atoms with Gasteiger partial charge in [-0.2, -0.15) is 16.9 Å². The third kappa shape index (κ3) is 2.90. The molecule has 1 fully saturated rings. The predicted octanol–water partition coefficient (Wildman–Crippen LogP) is 3.83. The number of nitrogens with zero attached hydrogens (tertiary/aromatic N) is 2. The van der Waals surface area contributed by atoms with Gasteiger partial charge in [-0.3, -0.25) is 0 Å². The molecule has 0 aliphatic carbocycles. The molecule has 0 saturated carbocycles. The van der Waals surface area contributed by atoms with E-state index in [1.54, 1.807) is 6.20 Å². The summed E-state index contributed by atoms with van der Waals surface area (Å²) in [6.45, 7) is 0. The van der Waals surface area contributed by atoms with Crippen LogP contribution >= 0.6 is 23.4 Å². The molecule has 1 saturated heterocycles. The molecule has 100 valence electrons. The van der Waals surface area contributed by atoms with E-state index in [1.165, 1.54) is 18.6 Å². The van der Waals surface area contributed by atoms with Crippen LogP contribution in [0.1, 0.15) is 12.8 Å². The van der Waals surface area contributed by atoms with Crippen molar-refractivity contribution < 1.29 is 0 Å². The second-order valence-corrected chi connectivity index (χ2v) is 6.20. The number of nitrogens with one attached hydrogen (secondary N) is 1. The van der Waals surface area contributed by atoms with Crippen LogP contribution in [0.25, 0.3) is 5.69 Å². The van der Waals surface area contributed by atoms with Crippen LogP contribution in [-0.2, 0) is 0 Å². The van der Waals surface area contributed by atoms with Crippen LogP contribution < -0.4 is 5.32 Å². The second-order valence-electron chi connectivity index (χ2n) is 4.65. The Morgan fingerprint density at radius 1 is 1.37 bits per heavy atom. The molecule has 2 aromatic rings. The number of benzene rings is 1. The molecule has 1 aromatic heterocycles. The van der Waals surface area contributed by atoms with Gasteiger partial charge in [0.05, 0.1) is 10.7 Å². The van der Waals surface area contributed by atoms with E-state index in [0.717, 1.165) is 22.2 Å². The van der Waals surface area contributed by atoms with Crippen molar-refractivity contribution >= 4 is 29.1 Å². The fraction of sp³-hybridized carbons (Fsp3) is 0.357. The van der Waals surface area contributed by atoms with Crippen molar-refractivity contribution in [3.63, 3.8) is 0 Å². The zero-order valence-electron chi connectivity index (χ0n) is 10.6. The highest BCUT2D eigenvalue weighted by molar-refractivity contribution is 7.99. The molecule has 3 rings (SSSR count). The molecule has 2 heterocycles. The number of anilines is 1. The lowest BCUT2D eigenvalue weighted by Gasteiger charge is -2.25. The van der Waals surface area contributed by atoms with Crippen LogP contribution in [0.15, 0.2) is 36.7 Å². The number of halogens is 1. The standard InChI is InChI=1S/C14H16ClN3S/c15-12-5-1-6-13(14(12)18-8-3-7-16-18)17-11-4-2-9-19-10-11/h1,3,5-8,11,17H,2,4,9-10H2. The van der Waals surface area contributed by atoms with Gasteiger partial charge in [-0.15, -0.1) is 0 Å². The maximum Gasteiger partial charge on any atom is 0.106 e. The van der Waals surface area contributed by atoms with Crippen molar-refractivity contribution in [2.24, 2.45) is 0 Å². The normalized spacial score (nSPS) is 19.3. The summed E-state index contributed by atoms with van der Waals surface area (Å²) in [7, 11) is 0. The van der Waals surface area contributed by atoms with Crippen LogP contribution in [-0.4, -0.2) is 27.3 Å². The van der Waals surface area contributed by atoms with Crippen LogP contribution in [0.4, 0.5) is 5.69 Å². The third-order valence-corrected chi connectivity index (χ3v) is 4.76. The molecule has 1 aromatic carbocycles. The van der Waals surface area contributed by atoms with Crippen LogP contribution in [0.3, 0.4) is 0 Å². The summed E-state index contributed by atoms with van der Waals surface area (Å²) in [5, 5.41) is 8.62. The Balaban J connectivity index is 1.90. The van der Waals surface area contributed by atoms with Gasteiger partial charge in [0.25, 0.3) is 0 Å². The Kier molecular flexibility index (Phi) is 3.99. The zero-order valence-corrected chi connectivity index (χ0v) is 12.1. The van der Waals surface area contributed by atoms with Crippen molar-refractivity contribution in [1.82, 2.24) is 9.78 Å². The first kappa shape index (κ1) is 12.9. The minimum atomic E-state index is 0.520. The van der Waals surface area contributed by atoms with Crippen molar-refractivity contribution in [3.8, 4) is 5.69 Å². The second kappa shape index (κ2) is 5.88. The van der Waals surface area contributed by atoms with Crippen LogP contribution in [0.2, 0.25) is 5.02 Å². The monoisotopic (exact) mass is 293 g/mol. The lowest BCUT2D eigenvalue weighted by Crippen LogP contribution is -2.26. The molecule has 1 N–H and O–H groups in total. The minimum Gasteiger partial charge on any atom is -0.380 e. The van der Waals surface area contributed by atoms with E-state index in [2.05, 4.69) is 16.5 Å². The largest absolute Gasteiger partial charge is 0.380 e. The van der Waals surface area contributed by atoms with Gasteiger partial charge in [0.1, 0.15) is 5.69 Å². The summed E-state index contributed by atoms with van der Waals surface area (Å²) >= 11 is 8.34. The molecule has 1 aliphatic rings. The van der Waals surface area contributed by atoms with E-state index in [0.29, 0.717) is 6.04 Å². The van der Waals surface area contributed by atoms with E-state index in [9.17, 15) is 0 Å².